The average molecular weight is 238 g/mol. The van der Waals surface area contributed by atoms with Gasteiger partial charge in [-0.2, -0.15) is 0 Å². The standard InChI is InChI=1S/C14H20ClN/c1-10(2)13(16)14(8-3-9-14)11-4-6-12(15)7-5-11/h4-7,10,13H,3,8-9,16H2,1-2H3. The van der Waals surface area contributed by atoms with Gasteiger partial charge in [0.15, 0.2) is 0 Å². The van der Waals surface area contributed by atoms with Crippen molar-refractivity contribution in [2.24, 2.45) is 11.7 Å². The highest BCUT2D eigenvalue weighted by Crippen LogP contribution is 2.47. The highest BCUT2D eigenvalue weighted by atomic mass is 35.5. The number of hydrogen-bond acceptors (Lipinski definition) is 1. The van der Waals surface area contributed by atoms with E-state index in [9.17, 15) is 0 Å². The van der Waals surface area contributed by atoms with Crippen LogP contribution in [0.15, 0.2) is 24.3 Å². The molecule has 2 heteroatoms. The molecule has 1 aliphatic rings. The largest absolute Gasteiger partial charge is 0.327 e. The summed E-state index contributed by atoms with van der Waals surface area (Å²) in [6, 6.07) is 8.49. The Morgan fingerprint density at radius 1 is 1.19 bits per heavy atom. The van der Waals surface area contributed by atoms with Crippen molar-refractivity contribution in [3.05, 3.63) is 34.9 Å². The Kier molecular flexibility index (Phi) is 3.27. The van der Waals surface area contributed by atoms with Crippen LogP contribution >= 0.6 is 11.6 Å². The van der Waals surface area contributed by atoms with E-state index in [2.05, 4.69) is 26.0 Å². The van der Waals surface area contributed by atoms with Crippen LogP contribution in [-0.4, -0.2) is 6.04 Å². The van der Waals surface area contributed by atoms with Crippen molar-refractivity contribution in [1.82, 2.24) is 0 Å². The summed E-state index contributed by atoms with van der Waals surface area (Å²) in [6.07, 6.45) is 3.73. The predicted octanol–water partition coefficient (Wildman–Crippen LogP) is 3.75. The van der Waals surface area contributed by atoms with Crippen molar-refractivity contribution in [1.29, 1.82) is 0 Å². The number of hydrogen-bond donors (Lipinski definition) is 1. The third kappa shape index (κ3) is 1.87. The summed E-state index contributed by atoms with van der Waals surface area (Å²) in [5, 5.41) is 0.802. The first-order chi connectivity index (χ1) is 7.56. The molecule has 0 aromatic heterocycles. The quantitative estimate of drug-likeness (QED) is 0.852. The van der Waals surface area contributed by atoms with Gasteiger partial charge in [-0.25, -0.2) is 0 Å². The zero-order chi connectivity index (χ0) is 11.8. The van der Waals surface area contributed by atoms with Crippen LogP contribution in [0.5, 0.6) is 0 Å². The van der Waals surface area contributed by atoms with Gasteiger partial charge in [0.05, 0.1) is 0 Å². The van der Waals surface area contributed by atoms with Crippen LogP contribution in [0.4, 0.5) is 0 Å². The van der Waals surface area contributed by atoms with Gasteiger partial charge in [-0.15, -0.1) is 0 Å². The fraction of sp³-hybridized carbons (Fsp3) is 0.571. The Morgan fingerprint density at radius 3 is 2.12 bits per heavy atom. The summed E-state index contributed by atoms with van der Waals surface area (Å²) in [5.41, 5.74) is 7.97. The molecule has 0 radical (unpaired) electrons. The Labute approximate surface area is 103 Å². The van der Waals surface area contributed by atoms with E-state index in [1.54, 1.807) is 0 Å². The van der Waals surface area contributed by atoms with E-state index in [0.717, 1.165) is 5.02 Å². The van der Waals surface area contributed by atoms with Crippen LogP contribution < -0.4 is 5.73 Å². The maximum absolute atomic E-state index is 6.39. The summed E-state index contributed by atoms with van der Waals surface area (Å²) in [7, 11) is 0. The molecular weight excluding hydrogens is 218 g/mol. The van der Waals surface area contributed by atoms with Crippen LogP contribution in [0, 0.1) is 5.92 Å². The zero-order valence-electron chi connectivity index (χ0n) is 10.0. The molecule has 1 atom stereocenters. The smallest absolute Gasteiger partial charge is 0.0406 e. The highest BCUT2D eigenvalue weighted by molar-refractivity contribution is 6.30. The molecule has 0 saturated heterocycles. The number of halogens is 1. The summed E-state index contributed by atoms with van der Waals surface area (Å²) in [4.78, 5) is 0. The average Bonchev–Trinajstić information content (AvgIpc) is 2.19. The SMILES string of the molecule is CC(C)C(N)C1(c2ccc(Cl)cc2)CCC1. The summed E-state index contributed by atoms with van der Waals surface area (Å²) in [6.45, 7) is 4.42. The van der Waals surface area contributed by atoms with Crippen LogP contribution in [0.2, 0.25) is 5.02 Å². The molecule has 16 heavy (non-hydrogen) atoms. The normalized spacial score (nSPS) is 20.6. The molecule has 88 valence electrons. The first kappa shape index (κ1) is 11.9. The Balaban J connectivity index is 2.31. The minimum absolute atomic E-state index is 0.207. The molecule has 0 heterocycles. The van der Waals surface area contributed by atoms with E-state index in [1.807, 2.05) is 12.1 Å². The van der Waals surface area contributed by atoms with E-state index >= 15 is 0 Å². The van der Waals surface area contributed by atoms with E-state index in [0.29, 0.717) is 5.92 Å². The van der Waals surface area contributed by atoms with Gasteiger partial charge in [-0.05, 0) is 36.5 Å². The number of rotatable bonds is 3. The molecule has 2 N–H and O–H groups in total. The molecule has 1 aromatic rings. The Bertz CT molecular complexity index is 352. The second-order valence-electron chi connectivity index (χ2n) is 5.29. The predicted molar refractivity (Wildman–Crippen MR) is 69.8 cm³/mol. The first-order valence-electron chi connectivity index (χ1n) is 6.08. The van der Waals surface area contributed by atoms with Crippen molar-refractivity contribution in [3.8, 4) is 0 Å². The van der Waals surface area contributed by atoms with Crippen molar-refractivity contribution in [3.63, 3.8) is 0 Å². The fourth-order valence-electron chi connectivity index (χ4n) is 2.79. The lowest BCUT2D eigenvalue weighted by Gasteiger charge is -2.48. The monoisotopic (exact) mass is 237 g/mol. The summed E-state index contributed by atoms with van der Waals surface area (Å²) < 4.78 is 0. The first-order valence-corrected chi connectivity index (χ1v) is 6.46. The van der Waals surface area contributed by atoms with Gasteiger partial charge in [0.1, 0.15) is 0 Å². The molecule has 1 fully saturated rings. The highest BCUT2D eigenvalue weighted by Gasteiger charge is 2.44. The summed E-state index contributed by atoms with van der Waals surface area (Å²) in [5.74, 6) is 0.524. The maximum Gasteiger partial charge on any atom is 0.0406 e. The van der Waals surface area contributed by atoms with Gasteiger partial charge in [-0.3, -0.25) is 0 Å². The van der Waals surface area contributed by atoms with Gasteiger partial charge in [-0.1, -0.05) is 44.0 Å². The topological polar surface area (TPSA) is 26.0 Å². The molecular formula is C14H20ClN. The molecule has 2 rings (SSSR count). The molecule has 0 aliphatic heterocycles. The maximum atomic E-state index is 6.39. The lowest BCUT2D eigenvalue weighted by atomic mass is 9.58. The zero-order valence-corrected chi connectivity index (χ0v) is 10.8. The van der Waals surface area contributed by atoms with Gasteiger partial charge in [0, 0.05) is 16.5 Å². The van der Waals surface area contributed by atoms with Gasteiger partial charge >= 0.3 is 0 Å². The van der Waals surface area contributed by atoms with Crippen molar-refractivity contribution >= 4 is 11.6 Å². The van der Waals surface area contributed by atoms with E-state index < -0.39 is 0 Å². The molecule has 1 aromatic carbocycles. The Morgan fingerprint density at radius 2 is 1.75 bits per heavy atom. The molecule has 1 saturated carbocycles. The molecule has 1 aliphatic carbocycles. The minimum atomic E-state index is 0.207. The van der Waals surface area contributed by atoms with E-state index in [-0.39, 0.29) is 11.5 Å². The van der Waals surface area contributed by atoms with Crippen LogP contribution in [-0.2, 0) is 5.41 Å². The molecule has 0 bridgehead atoms. The van der Waals surface area contributed by atoms with E-state index in [4.69, 9.17) is 17.3 Å². The van der Waals surface area contributed by atoms with E-state index in [1.165, 1.54) is 24.8 Å². The second kappa shape index (κ2) is 4.38. The molecule has 1 unspecified atom stereocenters. The van der Waals surface area contributed by atoms with Crippen LogP contribution in [0.1, 0.15) is 38.7 Å². The number of benzene rings is 1. The third-order valence-electron chi connectivity index (χ3n) is 4.02. The molecule has 1 nitrogen and oxygen atoms in total. The lowest BCUT2D eigenvalue weighted by Crippen LogP contribution is -2.53. The lowest BCUT2D eigenvalue weighted by molar-refractivity contribution is 0.164. The van der Waals surface area contributed by atoms with Crippen molar-refractivity contribution in [2.45, 2.75) is 44.6 Å². The fourth-order valence-corrected chi connectivity index (χ4v) is 2.92. The third-order valence-corrected chi connectivity index (χ3v) is 4.27. The Hall–Kier alpha value is -0.530. The van der Waals surface area contributed by atoms with Gasteiger partial charge in [0.25, 0.3) is 0 Å². The van der Waals surface area contributed by atoms with Crippen LogP contribution in [0.3, 0.4) is 0 Å². The van der Waals surface area contributed by atoms with Gasteiger partial charge < -0.3 is 5.73 Å². The second-order valence-corrected chi connectivity index (χ2v) is 5.72. The van der Waals surface area contributed by atoms with Crippen molar-refractivity contribution < 1.29 is 0 Å². The number of nitrogens with two attached hydrogens (primary N) is 1. The van der Waals surface area contributed by atoms with Gasteiger partial charge in [0.2, 0.25) is 0 Å². The molecule has 0 spiro atoms. The minimum Gasteiger partial charge on any atom is -0.327 e. The van der Waals surface area contributed by atoms with Crippen molar-refractivity contribution in [2.75, 3.05) is 0 Å². The van der Waals surface area contributed by atoms with Crippen LogP contribution in [0.25, 0.3) is 0 Å². The molecule has 0 amide bonds. The summed E-state index contributed by atoms with van der Waals surface area (Å²) >= 11 is 5.93.